The molecule has 2 atom stereocenters. The van der Waals surface area contributed by atoms with Gasteiger partial charge >= 0.3 is 5.97 Å². The van der Waals surface area contributed by atoms with Crippen LogP contribution in [0.4, 0.5) is 5.69 Å². The minimum absolute atomic E-state index is 0.191. The van der Waals surface area contributed by atoms with Crippen molar-refractivity contribution in [2.45, 2.75) is 33.1 Å². The molecule has 2 N–H and O–H groups in total. The second-order valence-electron chi connectivity index (χ2n) is 7.60. The Labute approximate surface area is 143 Å². The average Bonchev–Trinajstić information content (AvgIpc) is 2.86. The van der Waals surface area contributed by atoms with Crippen LogP contribution in [0.1, 0.15) is 32.3 Å². The number of amides is 1. The fourth-order valence-corrected chi connectivity index (χ4v) is 3.91. The number of aliphatic carboxylic acids is 1. The summed E-state index contributed by atoms with van der Waals surface area (Å²) in [6, 6.07) is 7.88. The zero-order chi connectivity index (χ0) is 17.3. The molecule has 0 unspecified atom stereocenters. The molecule has 1 heterocycles. The summed E-state index contributed by atoms with van der Waals surface area (Å²) in [4.78, 5) is 26.1. The highest BCUT2D eigenvalue weighted by Gasteiger charge is 2.65. The second kappa shape index (κ2) is 6.55. The van der Waals surface area contributed by atoms with Gasteiger partial charge in [-0.1, -0.05) is 26.0 Å². The number of carboxylic acid groups (broad SMARTS) is 1. The lowest BCUT2D eigenvalue weighted by atomic mass is 10.1. The van der Waals surface area contributed by atoms with E-state index in [1.165, 1.54) is 31.5 Å². The maximum Gasteiger partial charge on any atom is 0.307 e. The van der Waals surface area contributed by atoms with E-state index >= 15 is 0 Å². The standard InChI is InChI=1S/C19H26N2O3/c1-19(2)15(16(19)18(23)24)17(22)20-14-7-5-6-13(12-14)8-11-21-9-3-4-10-21/h5-7,12,15-16H,3-4,8-11H2,1-2H3,(H,20,22)(H,23,24)/t15-,16+/m1/s1. The fraction of sp³-hybridized carbons (Fsp3) is 0.579. The van der Waals surface area contributed by atoms with E-state index in [1.54, 1.807) is 0 Å². The van der Waals surface area contributed by atoms with E-state index in [0.717, 1.165) is 18.7 Å². The van der Waals surface area contributed by atoms with E-state index in [4.69, 9.17) is 0 Å². The highest BCUT2D eigenvalue weighted by molar-refractivity contribution is 5.99. The summed E-state index contributed by atoms with van der Waals surface area (Å²) in [5.41, 5.74) is 1.49. The van der Waals surface area contributed by atoms with Crippen molar-refractivity contribution >= 4 is 17.6 Å². The van der Waals surface area contributed by atoms with E-state index in [1.807, 2.05) is 32.0 Å². The van der Waals surface area contributed by atoms with Gasteiger partial charge in [0.05, 0.1) is 11.8 Å². The predicted octanol–water partition coefficient (Wildman–Crippen LogP) is 2.62. The largest absolute Gasteiger partial charge is 0.481 e. The summed E-state index contributed by atoms with van der Waals surface area (Å²) < 4.78 is 0. The van der Waals surface area contributed by atoms with Gasteiger partial charge in [-0.25, -0.2) is 0 Å². The Morgan fingerprint density at radius 1 is 1.25 bits per heavy atom. The van der Waals surface area contributed by atoms with Crippen molar-refractivity contribution in [2.24, 2.45) is 17.3 Å². The molecular formula is C19H26N2O3. The maximum atomic E-state index is 12.4. The molecule has 1 aliphatic heterocycles. The van der Waals surface area contributed by atoms with Gasteiger partial charge in [-0.05, 0) is 55.5 Å². The molecule has 1 aromatic rings. The third-order valence-corrected chi connectivity index (χ3v) is 5.49. The van der Waals surface area contributed by atoms with Crippen molar-refractivity contribution in [3.8, 4) is 0 Å². The number of carbonyl (C=O) groups excluding carboxylic acids is 1. The summed E-state index contributed by atoms with van der Waals surface area (Å²) in [7, 11) is 0. The van der Waals surface area contributed by atoms with Crippen LogP contribution in [0.5, 0.6) is 0 Å². The Bertz CT molecular complexity index is 635. The number of nitrogens with zero attached hydrogens (tertiary/aromatic N) is 1. The molecule has 1 aliphatic carbocycles. The van der Waals surface area contributed by atoms with Gasteiger partial charge < -0.3 is 15.3 Å². The quantitative estimate of drug-likeness (QED) is 0.841. The van der Waals surface area contributed by atoms with Crippen LogP contribution in [-0.2, 0) is 16.0 Å². The number of anilines is 1. The number of likely N-dealkylation sites (tertiary alicyclic amines) is 1. The molecule has 3 rings (SSSR count). The van der Waals surface area contributed by atoms with Gasteiger partial charge in [0.2, 0.25) is 5.91 Å². The highest BCUT2D eigenvalue weighted by atomic mass is 16.4. The first kappa shape index (κ1) is 17.0. The van der Waals surface area contributed by atoms with Gasteiger partial charge in [0.1, 0.15) is 0 Å². The molecule has 5 nitrogen and oxygen atoms in total. The summed E-state index contributed by atoms with van der Waals surface area (Å²) in [5, 5.41) is 12.1. The fourth-order valence-electron chi connectivity index (χ4n) is 3.91. The van der Waals surface area contributed by atoms with Crippen LogP contribution in [0, 0.1) is 17.3 Å². The molecule has 1 saturated heterocycles. The smallest absolute Gasteiger partial charge is 0.307 e. The monoisotopic (exact) mass is 330 g/mol. The van der Waals surface area contributed by atoms with E-state index in [9.17, 15) is 14.7 Å². The first-order chi connectivity index (χ1) is 11.4. The SMILES string of the molecule is CC1(C)[C@H](C(=O)O)[C@@H]1C(=O)Nc1cccc(CCN2CCCC2)c1. The van der Waals surface area contributed by atoms with Gasteiger partial charge in [0.15, 0.2) is 0 Å². The van der Waals surface area contributed by atoms with Gasteiger partial charge in [0, 0.05) is 12.2 Å². The molecule has 0 aromatic heterocycles. The lowest BCUT2D eigenvalue weighted by molar-refractivity contribution is -0.140. The van der Waals surface area contributed by atoms with Gasteiger partial charge in [-0.15, -0.1) is 0 Å². The molecule has 0 spiro atoms. The van der Waals surface area contributed by atoms with Crippen molar-refractivity contribution in [1.82, 2.24) is 4.90 Å². The van der Waals surface area contributed by atoms with Crippen LogP contribution in [0.25, 0.3) is 0 Å². The van der Waals surface area contributed by atoms with Crippen LogP contribution in [0.3, 0.4) is 0 Å². The van der Waals surface area contributed by atoms with E-state index in [0.29, 0.717) is 0 Å². The molecule has 5 heteroatoms. The van der Waals surface area contributed by atoms with E-state index in [2.05, 4.69) is 16.3 Å². The molecule has 2 aliphatic rings. The normalized spacial score (nSPS) is 25.4. The third-order valence-electron chi connectivity index (χ3n) is 5.49. The van der Waals surface area contributed by atoms with E-state index in [-0.39, 0.29) is 5.91 Å². The van der Waals surface area contributed by atoms with Gasteiger partial charge in [-0.3, -0.25) is 9.59 Å². The van der Waals surface area contributed by atoms with Crippen LogP contribution in [0.2, 0.25) is 0 Å². The zero-order valence-corrected chi connectivity index (χ0v) is 14.4. The summed E-state index contributed by atoms with van der Waals surface area (Å²) >= 11 is 0. The number of carbonyl (C=O) groups is 2. The first-order valence-electron chi connectivity index (χ1n) is 8.74. The number of rotatable bonds is 6. The zero-order valence-electron chi connectivity index (χ0n) is 14.4. The van der Waals surface area contributed by atoms with Crippen LogP contribution in [0.15, 0.2) is 24.3 Å². The first-order valence-corrected chi connectivity index (χ1v) is 8.74. The Balaban J connectivity index is 1.58. The molecule has 1 aromatic carbocycles. The van der Waals surface area contributed by atoms with Crippen molar-refractivity contribution in [3.05, 3.63) is 29.8 Å². The molecule has 2 fully saturated rings. The molecule has 24 heavy (non-hydrogen) atoms. The number of nitrogens with one attached hydrogen (secondary N) is 1. The minimum Gasteiger partial charge on any atom is -0.481 e. The van der Waals surface area contributed by atoms with Crippen molar-refractivity contribution in [2.75, 3.05) is 25.0 Å². The summed E-state index contributed by atoms with van der Waals surface area (Å²) in [5.74, 6) is -2.12. The van der Waals surface area contributed by atoms with Crippen LogP contribution < -0.4 is 5.32 Å². The number of hydrogen-bond acceptors (Lipinski definition) is 3. The lowest BCUT2D eigenvalue weighted by Crippen LogP contribution is -2.22. The van der Waals surface area contributed by atoms with Crippen LogP contribution >= 0.6 is 0 Å². The van der Waals surface area contributed by atoms with Gasteiger partial charge in [0.25, 0.3) is 0 Å². The Kier molecular flexibility index (Phi) is 4.63. The lowest BCUT2D eigenvalue weighted by Gasteiger charge is -2.14. The highest BCUT2D eigenvalue weighted by Crippen LogP contribution is 2.58. The minimum atomic E-state index is -0.889. The Morgan fingerprint density at radius 3 is 2.58 bits per heavy atom. The summed E-state index contributed by atoms with van der Waals surface area (Å²) in [6.45, 7) is 7.09. The van der Waals surface area contributed by atoms with E-state index < -0.39 is 23.2 Å². The topological polar surface area (TPSA) is 69.6 Å². The van der Waals surface area contributed by atoms with Crippen molar-refractivity contribution in [3.63, 3.8) is 0 Å². The van der Waals surface area contributed by atoms with Crippen LogP contribution in [-0.4, -0.2) is 41.5 Å². The van der Waals surface area contributed by atoms with Gasteiger partial charge in [-0.2, -0.15) is 0 Å². The molecule has 0 radical (unpaired) electrons. The molecule has 1 saturated carbocycles. The third kappa shape index (κ3) is 3.46. The summed E-state index contributed by atoms with van der Waals surface area (Å²) in [6.07, 6.45) is 3.55. The number of benzene rings is 1. The molecule has 1 amide bonds. The number of carboxylic acids is 1. The molecule has 130 valence electrons. The second-order valence-corrected chi connectivity index (χ2v) is 7.60. The maximum absolute atomic E-state index is 12.4. The Hall–Kier alpha value is -1.88. The average molecular weight is 330 g/mol. The molecular weight excluding hydrogens is 304 g/mol. The predicted molar refractivity (Wildman–Crippen MR) is 92.8 cm³/mol. The Morgan fingerprint density at radius 2 is 1.96 bits per heavy atom. The van der Waals surface area contributed by atoms with Crippen molar-refractivity contribution < 1.29 is 14.7 Å². The van der Waals surface area contributed by atoms with Crippen molar-refractivity contribution in [1.29, 1.82) is 0 Å². The molecule has 0 bridgehead atoms. The number of hydrogen-bond donors (Lipinski definition) is 2.